The minimum Gasteiger partial charge on any atom is -0.497 e. The zero-order valence-corrected chi connectivity index (χ0v) is 24.1. The number of hydrogen-bond acceptors (Lipinski definition) is 8. The zero-order valence-electron chi connectivity index (χ0n) is 22.2. The first-order valence-electron chi connectivity index (χ1n) is 11.8. The second kappa shape index (κ2) is 11.8. The number of hydrogen-bond donors (Lipinski definition) is 2. The fraction of sp³-hybridized carbons (Fsp3) is 0.333. The van der Waals surface area contributed by atoms with Crippen molar-refractivity contribution < 1.29 is 32.7 Å². The molecule has 0 aliphatic carbocycles. The Morgan fingerprint density at radius 2 is 1.87 bits per heavy atom. The van der Waals surface area contributed by atoms with Gasteiger partial charge >= 0.3 is 6.09 Å². The summed E-state index contributed by atoms with van der Waals surface area (Å²) >= 11 is 0. The molecule has 15 heteroatoms. The second-order valence-corrected chi connectivity index (χ2v) is 17.1. The van der Waals surface area contributed by atoms with Crippen molar-refractivity contribution in [1.82, 2.24) is 14.5 Å². The third kappa shape index (κ3) is 7.33. The Bertz CT molecular complexity index is 1470. The predicted octanol–water partition coefficient (Wildman–Crippen LogP) is 4.10. The fourth-order valence-electron chi connectivity index (χ4n) is 3.62. The Balaban J connectivity index is 1.99. The van der Waals surface area contributed by atoms with Crippen LogP contribution in [-0.2, 0) is 16.6 Å². The first-order chi connectivity index (χ1) is 18.3. The smallest absolute Gasteiger partial charge is 0.413 e. The highest BCUT2D eigenvalue weighted by Crippen LogP contribution is 2.28. The van der Waals surface area contributed by atoms with Crippen LogP contribution in [0.4, 0.5) is 16.3 Å². The van der Waals surface area contributed by atoms with Crippen molar-refractivity contribution in [2.75, 3.05) is 25.7 Å². The Hall–Kier alpha value is -3.95. The molecular weight excluding hydrogens is 546 g/mol. The van der Waals surface area contributed by atoms with Gasteiger partial charge in [-0.2, -0.15) is 0 Å². The highest BCUT2D eigenvalue weighted by molar-refractivity contribution is 7.89. The van der Waals surface area contributed by atoms with E-state index in [4.69, 9.17) is 9.47 Å². The van der Waals surface area contributed by atoms with Crippen LogP contribution >= 0.6 is 0 Å². The van der Waals surface area contributed by atoms with Crippen LogP contribution in [0.1, 0.15) is 5.56 Å². The van der Waals surface area contributed by atoms with E-state index < -0.39 is 39.7 Å². The van der Waals surface area contributed by atoms with E-state index in [1.165, 1.54) is 37.2 Å². The summed E-state index contributed by atoms with van der Waals surface area (Å²) in [6.07, 6.45) is 0.220. The zero-order chi connectivity index (χ0) is 29.0. The standard InChI is InChI=1S/C24H31N5O8SSi/c1-36-19-8-6-17(21(15-19)37-2)16-25-38(34,35)22-14-18(29(32)33)7-9-20(22)28-11-10-23(26-28)27(24(30)31)12-13-39(3,4)5/h6-11,14-15,25H,12-13,16H2,1-5H3,(H,30,31). The minimum atomic E-state index is -4.32. The van der Waals surface area contributed by atoms with Gasteiger partial charge in [-0.25, -0.2) is 22.6 Å². The number of nitro benzene ring substituents is 1. The molecule has 3 aromatic rings. The molecule has 0 aliphatic heterocycles. The van der Waals surface area contributed by atoms with Crippen LogP contribution in [0, 0.1) is 10.1 Å². The maximum absolute atomic E-state index is 13.4. The molecule has 39 heavy (non-hydrogen) atoms. The average molecular weight is 578 g/mol. The molecule has 0 saturated carbocycles. The number of benzene rings is 2. The van der Waals surface area contributed by atoms with Crippen LogP contribution < -0.4 is 19.1 Å². The number of sulfonamides is 1. The molecule has 0 saturated heterocycles. The second-order valence-electron chi connectivity index (χ2n) is 9.77. The van der Waals surface area contributed by atoms with Gasteiger partial charge in [0.2, 0.25) is 10.0 Å². The number of nitrogens with zero attached hydrogens (tertiary/aromatic N) is 4. The van der Waals surface area contributed by atoms with Crippen molar-refractivity contribution in [1.29, 1.82) is 0 Å². The highest BCUT2D eigenvalue weighted by Gasteiger charge is 2.26. The fourth-order valence-corrected chi connectivity index (χ4v) is 5.73. The van der Waals surface area contributed by atoms with E-state index in [0.717, 1.165) is 17.0 Å². The molecule has 0 bridgehead atoms. The first-order valence-corrected chi connectivity index (χ1v) is 17.0. The van der Waals surface area contributed by atoms with Gasteiger partial charge in [-0.3, -0.25) is 15.0 Å². The molecule has 2 N–H and O–H groups in total. The molecule has 2 aromatic carbocycles. The van der Waals surface area contributed by atoms with Crippen molar-refractivity contribution in [3.63, 3.8) is 0 Å². The van der Waals surface area contributed by atoms with Gasteiger partial charge in [-0.15, -0.1) is 5.10 Å². The van der Waals surface area contributed by atoms with E-state index in [-0.39, 0.29) is 24.6 Å². The third-order valence-electron chi connectivity index (χ3n) is 5.81. The summed E-state index contributed by atoms with van der Waals surface area (Å²) in [6, 6.07) is 10.4. The number of carboxylic acid groups (broad SMARTS) is 1. The van der Waals surface area contributed by atoms with Gasteiger partial charge in [0.05, 0.1) is 24.8 Å². The van der Waals surface area contributed by atoms with E-state index in [1.54, 1.807) is 18.2 Å². The summed E-state index contributed by atoms with van der Waals surface area (Å²) in [4.78, 5) is 23.4. The quantitative estimate of drug-likeness (QED) is 0.183. The maximum atomic E-state index is 13.4. The monoisotopic (exact) mass is 577 g/mol. The normalized spacial score (nSPS) is 11.7. The van der Waals surface area contributed by atoms with Crippen molar-refractivity contribution in [2.24, 2.45) is 0 Å². The number of amides is 1. The summed E-state index contributed by atoms with van der Waals surface area (Å²) in [6.45, 7) is 6.42. The topological polar surface area (TPSA) is 166 Å². The number of rotatable bonds is 12. The molecule has 0 spiro atoms. The number of ether oxygens (including phenoxy) is 2. The molecule has 0 unspecified atom stereocenters. The summed E-state index contributed by atoms with van der Waals surface area (Å²) in [7, 11) is -2.96. The Labute approximate surface area is 227 Å². The molecule has 0 aliphatic rings. The van der Waals surface area contributed by atoms with Crippen molar-refractivity contribution in [3.05, 3.63) is 64.3 Å². The third-order valence-corrected chi connectivity index (χ3v) is 8.96. The van der Waals surface area contributed by atoms with Gasteiger partial charge in [0.1, 0.15) is 16.4 Å². The van der Waals surface area contributed by atoms with E-state index >= 15 is 0 Å². The van der Waals surface area contributed by atoms with Crippen molar-refractivity contribution >= 4 is 35.7 Å². The van der Waals surface area contributed by atoms with E-state index in [1.807, 2.05) is 0 Å². The number of methoxy groups -OCH3 is 2. The summed E-state index contributed by atoms with van der Waals surface area (Å²) in [5.41, 5.74) is 0.0853. The largest absolute Gasteiger partial charge is 0.497 e. The first kappa shape index (κ1) is 29.6. The molecule has 0 fully saturated rings. The maximum Gasteiger partial charge on any atom is 0.413 e. The lowest BCUT2D eigenvalue weighted by molar-refractivity contribution is -0.385. The van der Waals surface area contributed by atoms with Crippen LogP contribution in [-0.4, -0.2) is 63.2 Å². The Kier molecular flexibility index (Phi) is 8.98. The van der Waals surface area contributed by atoms with Crippen LogP contribution in [0.2, 0.25) is 25.7 Å². The van der Waals surface area contributed by atoms with E-state index in [9.17, 15) is 28.4 Å². The number of aromatic nitrogens is 2. The molecular formula is C24H31N5O8SSi. The molecule has 1 heterocycles. The lowest BCUT2D eigenvalue weighted by atomic mass is 10.2. The van der Waals surface area contributed by atoms with Gasteiger partial charge < -0.3 is 14.6 Å². The highest BCUT2D eigenvalue weighted by atomic mass is 32.2. The number of non-ortho nitro benzene ring substituents is 1. The van der Waals surface area contributed by atoms with Gasteiger partial charge in [0, 0.05) is 57.2 Å². The predicted molar refractivity (Wildman–Crippen MR) is 147 cm³/mol. The molecule has 210 valence electrons. The van der Waals surface area contributed by atoms with E-state index in [2.05, 4.69) is 29.5 Å². The number of nitrogens with one attached hydrogen (secondary N) is 1. The van der Waals surface area contributed by atoms with Crippen molar-refractivity contribution in [2.45, 2.75) is 37.1 Å². The van der Waals surface area contributed by atoms with Crippen molar-refractivity contribution in [3.8, 4) is 17.2 Å². The molecule has 0 atom stereocenters. The molecule has 1 aromatic heterocycles. The van der Waals surface area contributed by atoms with Gasteiger partial charge in [-0.1, -0.05) is 25.7 Å². The average Bonchev–Trinajstić information content (AvgIpc) is 3.35. The lowest BCUT2D eigenvalue weighted by Gasteiger charge is -2.21. The molecule has 1 amide bonds. The SMILES string of the molecule is COc1ccc(CNS(=O)(=O)c2cc([N+](=O)[O-])ccc2-n2ccc(N(CC[Si](C)(C)C)C(=O)O)n2)c(OC)c1. The van der Waals surface area contributed by atoms with Crippen LogP contribution in [0.25, 0.3) is 5.69 Å². The summed E-state index contributed by atoms with van der Waals surface area (Å²) < 4.78 is 41.0. The molecule has 3 rings (SSSR count). The van der Waals surface area contributed by atoms with E-state index in [0.29, 0.717) is 23.1 Å². The van der Waals surface area contributed by atoms with Gasteiger partial charge in [0.15, 0.2) is 5.82 Å². The van der Waals surface area contributed by atoms with Gasteiger partial charge in [0.25, 0.3) is 5.69 Å². The Morgan fingerprint density at radius 1 is 1.15 bits per heavy atom. The number of anilines is 1. The van der Waals surface area contributed by atoms with Crippen LogP contribution in [0.3, 0.4) is 0 Å². The minimum absolute atomic E-state index is 0.0107. The summed E-state index contributed by atoms with van der Waals surface area (Å²) in [5, 5.41) is 25.5. The number of nitro groups is 1. The lowest BCUT2D eigenvalue weighted by Crippen LogP contribution is -2.35. The number of carbonyl (C=O) groups is 1. The Morgan fingerprint density at radius 3 is 2.46 bits per heavy atom. The summed E-state index contributed by atoms with van der Waals surface area (Å²) in [5.74, 6) is 1.02. The molecule has 13 nitrogen and oxygen atoms in total. The van der Waals surface area contributed by atoms with Crippen LogP contribution in [0.5, 0.6) is 11.5 Å². The molecule has 0 radical (unpaired) electrons. The van der Waals surface area contributed by atoms with Gasteiger partial charge in [-0.05, 0) is 18.2 Å². The van der Waals surface area contributed by atoms with Crippen LogP contribution in [0.15, 0.2) is 53.6 Å².